The second-order valence-electron chi connectivity index (χ2n) is 7.88. The van der Waals surface area contributed by atoms with Crippen LogP contribution in [-0.4, -0.2) is 48.4 Å². The van der Waals surface area contributed by atoms with E-state index in [2.05, 4.69) is 36.9 Å². The van der Waals surface area contributed by atoms with Crippen LogP contribution in [0.3, 0.4) is 0 Å². The lowest BCUT2D eigenvalue weighted by atomic mass is 9.91. The molecule has 0 aliphatic heterocycles. The third-order valence-corrected chi connectivity index (χ3v) is 4.61. The number of hydrogen-bond acceptors (Lipinski definition) is 6. The van der Waals surface area contributed by atoms with E-state index < -0.39 is 11.7 Å². The number of nitrogens with zero attached hydrogens (tertiary/aromatic N) is 1. The number of halogens is 1. The first kappa shape index (κ1) is 22.4. The van der Waals surface area contributed by atoms with Gasteiger partial charge in [-0.05, 0) is 68.5 Å². The molecule has 0 saturated heterocycles. The molecule has 2 rings (SSSR count). The van der Waals surface area contributed by atoms with Crippen molar-refractivity contribution in [3.63, 3.8) is 0 Å². The van der Waals surface area contributed by atoms with Gasteiger partial charge in [0.25, 0.3) is 0 Å². The lowest BCUT2D eigenvalue weighted by Crippen LogP contribution is -2.43. The van der Waals surface area contributed by atoms with Gasteiger partial charge >= 0.3 is 6.09 Å². The molecule has 0 spiro atoms. The number of aromatic nitrogens is 1. The molecule has 8 nitrogen and oxygen atoms in total. The Labute approximate surface area is 174 Å². The normalized spacial score (nSPS) is 19.6. The molecule has 1 fully saturated rings. The Morgan fingerprint density at radius 1 is 1.25 bits per heavy atom. The zero-order chi connectivity index (χ0) is 20.7. The number of hydrogen-bond donors (Lipinski definition) is 3. The first-order valence-electron chi connectivity index (χ1n) is 9.36. The number of nitrogens with one attached hydrogen (secondary N) is 3. The third kappa shape index (κ3) is 7.63. The highest BCUT2D eigenvalue weighted by Crippen LogP contribution is 2.28. The summed E-state index contributed by atoms with van der Waals surface area (Å²) in [7, 11) is 1.47. The largest absolute Gasteiger partial charge is 0.444 e. The maximum Gasteiger partial charge on any atom is 0.407 e. The van der Waals surface area contributed by atoms with E-state index >= 15 is 0 Å². The first-order chi connectivity index (χ1) is 13.2. The van der Waals surface area contributed by atoms with Crippen molar-refractivity contribution in [2.24, 2.45) is 0 Å². The van der Waals surface area contributed by atoms with Gasteiger partial charge in [-0.3, -0.25) is 4.79 Å². The minimum absolute atomic E-state index is 0.0270. The molecule has 3 N–H and O–H groups in total. The van der Waals surface area contributed by atoms with E-state index in [4.69, 9.17) is 9.47 Å². The van der Waals surface area contributed by atoms with E-state index in [-0.39, 0.29) is 24.6 Å². The predicted molar refractivity (Wildman–Crippen MR) is 111 cm³/mol. The predicted octanol–water partition coefficient (Wildman–Crippen LogP) is 3.68. The highest BCUT2D eigenvalue weighted by molar-refractivity contribution is 9.10. The molecule has 0 bridgehead atoms. The van der Waals surface area contributed by atoms with Crippen molar-refractivity contribution in [2.45, 2.75) is 64.1 Å². The fourth-order valence-corrected chi connectivity index (χ4v) is 3.44. The zero-order valence-electron chi connectivity index (χ0n) is 16.8. The van der Waals surface area contributed by atoms with Gasteiger partial charge in [0.1, 0.15) is 16.8 Å². The van der Waals surface area contributed by atoms with Gasteiger partial charge in [0.15, 0.2) is 0 Å². The number of carbonyl (C=O) groups is 2. The smallest absolute Gasteiger partial charge is 0.407 e. The van der Waals surface area contributed by atoms with Crippen LogP contribution >= 0.6 is 15.9 Å². The summed E-state index contributed by atoms with van der Waals surface area (Å²) < 4.78 is 10.9. The summed E-state index contributed by atoms with van der Waals surface area (Å²) in [4.78, 5) is 28.1. The maximum atomic E-state index is 12.0. The summed E-state index contributed by atoms with van der Waals surface area (Å²) in [6.45, 7) is 5.51. The lowest BCUT2D eigenvalue weighted by Gasteiger charge is -2.32. The van der Waals surface area contributed by atoms with Crippen LogP contribution in [0.15, 0.2) is 16.9 Å². The van der Waals surface area contributed by atoms with Crippen molar-refractivity contribution >= 4 is 39.3 Å². The minimum Gasteiger partial charge on any atom is -0.444 e. The molecule has 1 aliphatic rings. The number of carbonyl (C=O) groups excluding carboxylic acids is 2. The second kappa shape index (κ2) is 10.1. The molecular formula is C19H29BrN4O4. The molecular weight excluding hydrogens is 428 g/mol. The number of ether oxygens (including phenoxy) is 2. The number of pyridine rings is 1. The van der Waals surface area contributed by atoms with Gasteiger partial charge in [0.05, 0.1) is 17.6 Å². The van der Waals surface area contributed by atoms with Crippen molar-refractivity contribution < 1.29 is 19.1 Å². The topological polar surface area (TPSA) is 102 Å². The van der Waals surface area contributed by atoms with Gasteiger partial charge in [0, 0.05) is 19.2 Å². The fourth-order valence-electron chi connectivity index (χ4n) is 3.11. The van der Waals surface area contributed by atoms with Crippen molar-refractivity contribution in [3.8, 4) is 0 Å². The van der Waals surface area contributed by atoms with Crippen LogP contribution in [0.4, 0.5) is 16.2 Å². The van der Waals surface area contributed by atoms with Crippen LogP contribution < -0.4 is 16.0 Å². The Morgan fingerprint density at radius 2 is 1.96 bits per heavy atom. The summed E-state index contributed by atoms with van der Waals surface area (Å²) >= 11 is 3.37. The number of anilines is 2. The molecule has 0 aromatic carbocycles. The molecule has 1 saturated carbocycles. The van der Waals surface area contributed by atoms with Gasteiger partial charge in [0.2, 0.25) is 5.91 Å². The Bertz CT molecular complexity index is 693. The van der Waals surface area contributed by atoms with Gasteiger partial charge in [-0.15, -0.1) is 0 Å². The Kier molecular flexibility index (Phi) is 8.06. The molecule has 1 aromatic rings. The highest BCUT2D eigenvalue weighted by atomic mass is 79.9. The molecule has 0 unspecified atom stereocenters. The van der Waals surface area contributed by atoms with Gasteiger partial charge in [-0.25, -0.2) is 9.78 Å². The van der Waals surface area contributed by atoms with Crippen LogP contribution in [0.2, 0.25) is 0 Å². The molecule has 28 heavy (non-hydrogen) atoms. The molecule has 9 heteroatoms. The van der Waals surface area contributed by atoms with E-state index in [1.165, 1.54) is 7.11 Å². The zero-order valence-corrected chi connectivity index (χ0v) is 18.4. The van der Waals surface area contributed by atoms with E-state index in [1.807, 2.05) is 26.8 Å². The minimum atomic E-state index is -0.519. The Balaban J connectivity index is 1.99. The van der Waals surface area contributed by atoms with Crippen LogP contribution in [0.5, 0.6) is 0 Å². The average molecular weight is 457 g/mol. The van der Waals surface area contributed by atoms with Gasteiger partial charge < -0.3 is 25.4 Å². The van der Waals surface area contributed by atoms with E-state index in [1.54, 1.807) is 6.20 Å². The van der Waals surface area contributed by atoms with E-state index in [9.17, 15) is 9.59 Å². The summed E-state index contributed by atoms with van der Waals surface area (Å²) in [6, 6.07) is 2.02. The molecule has 156 valence electrons. The molecule has 0 radical (unpaired) electrons. The molecule has 2 atom stereocenters. The van der Waals surface area contributed by atoms with Gasteiger partial charge in [-0.2, -0.15) is 0 Å². The molecule has 1 aromatic heterocycles. The standard InChI is InChI=1S/C19H29BrN4O4/c1-19(2,3)28-18(26)23-13-7-5-6-12(8-13)22-14-9-16(20)21-10-15(14)24-17(25)11-27-4/h9-10,12-13H,5-8,11H2,1-4H3,(H,21,22)(H,23,26)(H,24,25)/t12-,13+/m1/s1. The number of methoxy groups -OCH3 is 1. The Morgan fingerprint density at radius 3 is 2.64 bits per heavy atom. The SMILES string of the molecule is COCC(=O)Nc1cnc(Br)cc1N[C@@H]1CCC[C@H](NC(=O)OC(C)(C)C)C1. The average Bonchev–Trinajstić information content (AvgIpc) is 2.56. The van der Waals surface area contributed by atoms with Crippen LogP contribution in [0.1, 0.15) is 46.5 Å². The van der Waals surface area contributed by atoms with Crippen molar-refractivity contribution in [1.29, 1.82) is 0 Å². The van der Waals surface area contributed by atoms with Crippen molar-refractivity contribution in [2.75, 3.05) is 24.4 Å². The molecule has 1 aliphatic carbocycles. The summed E-state index contributed by atoms with van der Waals surface area (Å²) in [6.07, 6.45) is 4.84. The van der Waals surface area contributed by atoms with Crippen LogP contribution in [0.25, 0.3) is 0 Å². The fraction of sp³-hybridized carbons (Fsp3) is 0.632. The summed E-state index contributed by atoms with van der Waals surface area (Å²) in [5.41, 5.74) is 0.844. The Hall–Kier alpha value is -1.87. The summed E-state index contributed by atoms with van der Waals surface area (Å²) in [5, 5.41) is 9.23. The second-order valence-corrected chi connectivity index (χ2v) is 8.70. The molecule has 1 heterocycles. The quantitative estimate of drug-likeness (QED) is 0.564. The van der Waals surface area contributed by atoms with E-state index in [0.29, 0.717) is 10.3 Å². The number of alkyl carbamates (subject to hydrolysis) is 1. The van der Waals surface area contributed by atoms with Crippen LogP contribution in [0, 0.1) is 0 Å². The molecule has 2 amide bonds. The number of rotatable bonds is 6. The highest BCUT2D eigenvalue weighted by Gasteiger charge is 2.26. The summed E-state index contributed by atoms with van der Waals surface area (Å²) in [5.74, 6) is -0.247. The van der Waals surface area contributed by atoms with Crippen LogP contribution in [-0.2, 0) is 14.3 Å². The van der Waals surface area contributed by atoms with Gasteiger partial charge in [-0.1, -0.05) is 0 Å². The first-order valence-corrected chi connectivity index (χ1v) is 10.2. The maximum absolute atomic E-state index is 12.0. The lowest BCUT2D eigenvalue weighted by molar-refractivity contribution is -0.119. The third-order valence-electron chi connectivity index (χ3n) is 4.17. The van der Waals surface area contributed by atoms with E-state index in [0.717, 1.165) is 31.4 Å². The number of amides is 2. The monoisotopic (exact) mass is 456 g/mol. The van der Waals surface area contributed by atoms with Crippen molar-refractivity contribution in [3.05, 3.63) is 16.9 Å². The van der Waals surface area contributed by atoms with Crippen molar-refractivity contribution in [1.82, 2.24) is 10.3 Å².